The van der Waals surface area contributed by atoms with Gasteiger partial charge in [0.25, 0.3) is 0 Å². The monoisotopic (exact) mass is 350 g/mol. The quantitative estimate of drug-likeness (QED) is 0.571. The normalized spacial score (nSPS) is 15.3. The number of hydrogen-bond donors (Lipinski definition) is 0. The number of benzene rings is 2. The third-order valence-electron chi connectivity index (χ3n) is 4.93. The van der Waals surface area contributed by atoms with Crippen molar-refractivity contribution in [2.75, 3.05) is 7.11 Å². The summed E-state index contributed by atoms with van der Waals surface area (Å²) in [6, 6.07) is 12.0. The summed E-state index contributed by atoms with van der Waals surface area (Å²) in [6.45, 7) is 0. The fourth-order valence-electron chi connectivity index (χ4n) is 3.61. The number of fused-ring (bicyclic) bond motifs is 3. The van der Waals surface area contributed by atoms with E-state index in [1.807, 2.05) is 42.5 Å². The van der Waals surface area contributed by atoms with E-state index in [0.717, 1.165) is 46.1 Å². The maximum Gasteiger partial charge on any atom is 0.309 e. The molecule has 1 heterocycles. The van der Waals surface area contributed by atoms with Crippen LogP contribution in [-0.2, 0) is 9.53 Å². The first kappa shape index (κ1) is 16.7. The summed E-state index contributed by atoms with van der Waals surface area (Å²) in [7, 11) is 1.40. The number of ether oxygens (including phenoxy) is 2. The number of esters is 1. The van der Waals surface area contributed by atoms with Gasteiger partial charge >= 0.3 is 5.97 Å². The van der Waals surface area contributed by atoms with E-state index in [-0.39, 0.29) is 18.5 Å². The second-order valence-electron chi connectivity index (χ2n) is 6.66. The van der Waals surface area contributed by atoms with Crippen molar-refractivity contribution in [1.82, 2.24) is 0 Å². The molecule has 2 aromatic carbocycles. The lowest BCUT2D eigenvalue weighted by Gasteiger charge is -2.13. The molecule has 0 atom stereocenters. The first-order valence-corrected chi connectivity index (χ1v) is 9.10. The van der Waals surface area contributed by atoms with Crippen LogP contribution in [0.3, 0.4) is 0 Å². The van der Waals surface area contributed by atoms with Crippen LogP contribution in [0.2, 0.25) is 0 Å². The van der Waals surface area contributed by atoms with E-state index in [9.17, 15) is 4.79 Å². The maximum atomic E-state index is 11.4. The number of carbonyl (C=O) groups excluding carboxylic acids is 1. The summed E-state index contributed by atoms with van der Waals surface area (Å²) in [5.41, 5.74) is 2.62. The van der Waals surface area contributed by atoms with Crippen molar-refractivity contribution >= 4 is 34.0 Å². The Balaban J connectivity index is 1.78. The van der Waals surface area contributed by atoms with E-state index in [0.29, 0.717) is 0 Å². The minimum atomic E-state index is -0.254. The molecule has 0 radical (unpaired) electrons. The Morgan fingerprint density at radius 2 is 2.00 bits per heavy atom. The fraction of sp³-hybridized carbons (Fsp3) is 0.318. The van der Waals surface area contributed by atoms with Crippen molar-refractivity contribution in [2.45, 2.75) is 38.2 Å². The largest absolute Gasteiger partial charge is 0.486 e. The Morgan fingerprint density at radius 1 is 1.19 bits per heavy atom. The van der Waals surface area contributed by atoms with Crippen molar-refractivity contribution in [3.05, 3.63) is 48.0 Å². The van der Waals surface area contributed by atoms with E-state index in [1.54, 1.807) is 0 Å². The predicted molar refractivity (Wildman–Crippen MR) is 102 cm³/mol. The molecule has 0 amide bonds. The highest BCUT2D eigenvalue weighted by Gasteiger charge is 2.20. The van der Waals surface area contributed by atoms with E-state index in [4.69, 9.17) is 13.9 Å². The molecule has 4 heteroatoms. The highest BCUT2D eigenvalue weighted by molar-refractivity contribution is 6.10. The van der Waals surface area contributed by atoms with Gasteiger partial charge in [-0.2, -0.15) is 0 Å². The van der Waals surface area contributed by atoms with Gasteiger partial charge in [0.05, 0.1) is 19.6 Å². The average Bonchev–Trinajstić information content (AvgIpc) is 3.31. The Bertz CT molecular complexity index is 961. The Morgan fingerprint density at radius 3 is 2.81 bits per heavy atom. The number of furan rings is 1. The Labute approximate surface area is 152 Å². The average molecular weight is 350 g/mol. The van der Waals surface area contributed by atoms with E-state index < -0.39 is 0 Å². The summed E-state index contributed by atoms with van der Waals surface area (Å²) < 4.78 is 17.1. The number of methoxy groups -OCH3 is 1. The molecular weight excluding hydrogens is 328 g/mol. The van der Waals surface area contributed by atoms with Crippen molar-refractivity contribution in [2.24, 2.45) is 0 Å². The maximum absolute atomic E-state index is 11.4. The van der Waals surface area contributed by atoms with E-state index in [2.05, 4.69) is 6.07 Å². The minimum absolute atomic E-state index is 0.244. The lowest BCUT2D eigenvalue weighted by molar-refractivity contribution is -0.139. The standard InChI is InChI=1S/C22H22O4/c1-24-20(23)12-6-7-15-13-14-19(25-16-8-2-3-9-16)22-21(15)17-10-4-5-11-18(17)26-22/h4-7,10-11,13-14,16H,2-3,8-9,12H2,1H3/b7-6+. The van der Waals surface area contributed by atoms with Crippen molar-refractivity contribution in [3.63, 3.8) is 0 Å². The summed E-state index contributed by atoms with van der Waals surface area (Å²) >= 11 is 0. The van der Waals surface area contributed by atoms with Gasteiger partial charge in [0.15, 0.2) is 11.3 Å². The lowest BCUT2D eigenvalue weighted by Crippen LogP contribution is -2.10. The third-order valence-corrected chi connectivity index (χ3v) is 4.93. The van der Waals surface area contributed by atoms with Crippen molar-refractivity contribution in [3.8, 4) is 5.75 Å². The van der Waals surface area contributed by atoms with Gasteiger partial charge in [-0.05, 0) is 43.4 Å². The lowest BCUT2D eigenvalue weighted by atomic mass is 10.0. The molecule has 1 fully saturated rings. The molecule has 1 aromatic heterocycles. The molecular formula is C22H22O4. The van der Waals surface area contributed by atoms with Gasteiger partial charge < -0.3 is 13.9 Å². The second kappa shape index (κ2) is 7.24. The van der Waals surface area contributed by atoms with Crippen LogP contribution in [0.15, 0.2) is 46.9 Å². The van der Waals surface area contributed by atoms with Gasteiger partial charge in [0, 0.05) is 10.8 Å². The molecule has 134 valence electrons. The van der Waals surface area contributed by atoms with Gasteiger partial charge in [-0.15, -0.1) is 0 Å². The summed E-state index contributed by atoms with van der Waals surface area (Å²) in [5.74, 6) is 0.545. The van der Waals surface area contributed by atoms with Crippen LogP contribution in [0.5, 0.6) is 5.75 Å². The summed E-state index contributed by atoms with van der Waals surface area (Å²) in [6.07, 6.45) is 8.93. The van der Waals surface area contributed by atoms with Gasteiger partial charge in [0.2, 0.25) is 0 Å². The van der Waals surface area contributed by atoms with Gasteiger partial charge in [-0.1, -0.05) is 36.4 Å². The van der Waals surface area contributed by atoms with Crippen LogP contribution in [0.25, 0.3) is 28.0 Å². The fourth-order valence-corrected chi connectivity index (χ4v) is 3.61. The van der Waals surface area contributed by atoms with Crippen molar-refractivity contribution < 1.29 is 18.7 Å². The van der Waals surface area contributed by atoms with Crippen LogP contribution in [-0.4, -0.2) is 19.2 Å². The molecule has 1 aliphatic rings. The first-order chi connectivity index (χ1) is 12.8. The molecule has 4 rings (SSSR count). The number of carbonyl (C=O) groups is 1. The molecule has 0 saturated heterocycles. The Kier molecular flexibility index (Phi) is 4.65. The van der Waals surface area contributed by atoms with E-state index in [1.165, 1.54) is 20.0 Å². The highest BCUT2D eigenvalue weighted by atomic mass is 16.5. The van der Waals surface area contributed by atoms with Crippen LogP contribution in [0, 0.1) is 0 Å². The molecule has 1 saturated carbocycles. The van der Waals surface area contributed by atoms with E-state index >= 15 is 0 Å². The molecule has 1 aliphatic carbocycles. The predicted octanol–water partition coefficient (Wildman–Crippen LogP) is 5.48. The highest BCUT2D eigenvalue weighted by Crippen LogP contribution is 2.39. The number of para-hydroxylation sites is 1. The van der Waals surface area contributed by atoms with Crippen LogP contribution in [0.4, 0.5) is 0 Å². The molecule has 0 spiro atoms. The SMILES string of the molecule is COC(=O)C/C=C/c1ccc(OC2CCCC2)c2oc3ccccc3c12. The number of hydrogen-bond acceptors (Lipinski definition) is 4. The molecule has 4 nitrogen and oxygen atoms in total. The van der Waals surface area contributed by atoms with Gasteiger partial charge in [-0.25, -0.2) is 0 Å². The minimum Gasteiger partial charge on any atom is -0.486 e. The van der Waals surface area contributed by atoms with Crippen molar-refractivity contribution in [1.29, 1.82) is 0 Å². The van der Waals surface area contributed by atoms with Crippen LogP contribution < -0.4 is 4.74 Å². The molecule has 0 bridgehead atoms. The number of rotatable bonds is 5. The molecule has 26 heavy (non-hydrogen) atoms. The van der Waals surface area contributed by atoms with Gasteiger partial charge in [0.1, 0.15) is 5.58 Å². The molecule has 0 unspecified atom stereocenters. The second-order valence-corrected chi connectivity index (χ2v) is 6.66. The summed E-state index contributed by atoms with van der Waals surface area (Å²) in [4.78, 5) is 11.4. The first-order valence-electron chi connectivity index (χ1n) is 9.10. The zero-order valence-electron chi connectivity index (χ0n) is 14.9. The Hall–Kier alpha value is -2.75. The smallest absolute Gasteiger partial charge is 0.309 e. The third kappa shape index (κ3) is 3.19. The zero-order chi connectivity index (χ0) is 17.9. The van der Waals surface area contributed by atoms with Gasteiger partial charge in [-0.3, -0.25) is 4.79 Å². The van der Waals surface area contributed by atoms with Crippen LogP contribution in [0.1, 0.15) is 37.7 Å². The van der Waals surface area contributed by atoms with Crippen LogP contribution >= 0.6 is 0 Å². The topological polar surface area (TPSA) is 48.7 Å². The molecule has 3 aromatic rings. The molecule has 0 N–H and O–H groups in total. The molecule has 0 aliphatic heterocycles. The zero-order valence-corrected chi connectivity index (χ0v) is 14.9. The summed E-state index contributed by atoms with van der Waals surface area (Å²) in [5, 5.41) is 2.08.